The lowest BCUT2D eigenvalue weighted by atomic mass is 9.74. The molecule has 0 heteroatoms. The largest absolute Gasteiger partial charge is 0.115 e. The lowest BCUT2D eigenvalue weighted by Gasteiger charge is -2.29. The average molecular weight is 675 g/mol. The van der Waals surface area contributed by atoms with Crippen molar-refractivity contribution < 1.29 is 0 Å². The lowest BCUT2D eigenvalue weighted by molar-refractivity contribution is 1.48. The van der Waals surface area contributed by atoms with Crippen LogP contribution in [0.15, 0.2) is 200 Å². The molecule has 0 aliphatic heterocycles. The first-order valence-corrected chi connectivity index (χ1v) is 17.8. The van der Waals surface area contributed by atoms with Crippen molar-refractivity contribution in [3.8, 4) is 91.4 Å². The molecule has 0 nitrogen and oxygen atoms in total. The molecule has 0 radical (unpaired) electrons. The highest BCUT2D eigenvalue weighted by molar-refractivity contribution is 6.15. The van der Waals surface area contributed by atoms with Gasteiger partial charge in [-0.05, 0) is 91.9 Å². The van der Waals surface area contributed by atoms with Crippen molar-refractivity contribution in [2.75, 3.05) is 0 Å². The second-order valence-electron chi connectivity index (χ2n) is 12.8. The first-order chi connectivity index (χ1) is 26.2. The van der Waals surface area contributed by atoms with Crippen LogP contribution in [0.25, 0.3) is 66.8 Å². The second kappa shape index (κ2) is 16.3. The first-order valence-electron chi connectivity index (χ1n) is 17.8. The fraction of sp³-hybridized carbons (Fsp3) is 0.0189. The maximum absolute atomic E-state index is 6.04. The third kappa shape index (κ3) is 7.50. The van der Waals surface area contributed by atoms with Gasteiger partial charge in [-0.25, -0.2) is 0 Å². The SMILES string of the molecule is C#Cc1cc(C#C)cc(-c2c(-c3ccccc3)c(-c3ccccc3)c(-c3ccccc3)c(-c3ccccc3)c2-c2ccccc2)c1.Cc1ccccc1. The number of rotatable bonds is 6. The van der Waals surface area contributed by atoms with Crippen molar-refractivity contribution in [1.29, 1.82) is 0 Å². The molecule has 0 spiro atoms. The van der Waals surface area contributed by atoms with Gasteiger partial charge in [-0.1, -0.05) is 199 Å². The molecule has 0 unspecified atom stereocenters. The maximum Gasteiger partial charge on any atom is 0.0261 e. The van der Waals surface area contributed by atoms with Crippen LogP contribution in [-0.2, 0) is 0 Å². The van der Waals surface area contributed by atoms with Gasteiger partial charge in [-0.2, -0.15) is 0 Å². The molecule has 0 aromatic heterocycles. The third-order valence-corrected chi connectivity index (χ3v) is 9.31. The molecular weight excluding hydrogens is 637 g/mol. The zero-order chi connectivity index (χ0) is 36.4. The number of terminal acetylenes is 2. The Kier molecular flexibility index (Phi) is 10.5. The summed E-state index contributed by atoms with van der Waals surface area (Å²) in [4.78, 5) is 0. The molecule has 0 heterocycles. The zero-order valence-electron chi connectivity index (χ0n) is 29.7. The van der Waals surface area contributed by atoms with Crippen LogP contribution < -0.4 is 0 Å². The third-order valence-electron chi connectivity index (χ3n) is 9.31. The van der Waals surface area contributed by atoms with Gasteiger partial charge in [0.2, 0.25) is 0 Å². The van der Waals surface area contributed by atoms with Crippen LogP contribution in [0.5, 0.6) is 0 Å². The number of benzene rings is 8. The molecule has 0 atom stereocenters. The van der Waals surface area contributed by atoms with E-state index in [1.807, 2.05) is 24.3 Å². The zero-order valence-corrected chi connectivity index (χ0v) is 29.7. The highest BCUT2D eigenvalue weighted by atomic mass is 14.3. The molecule has 0 aliphatic rings. The fourth-order valence-corrected chi connectivity index (χ4v) is 6.98. The summed E-state index contributed by atoms with van der Waals surface area (Å²) in [5.41, 5.74) is 16.2. The normalized spacial score (nSPS) is 10.3. The summed E-state index contributed by atoms with van der Waals surface area (Å²) < 4.78 is 0. The molecule has 0 bridgehead atoms. The molecule has 8 aromatic rings. The molecule has 0 saturated carbocycles. The first kappa shape index (κ1) is 34.3. The van der Waals surface area contributed by atoms with Crippen molar-refractivity contribution in [3.63, 3.8) is 0 Å². The van der Waals surface area contributed by atoms with Crippen LogP contribution in [0.4, 0.5) is 0 Å². The Balaban J connectivity index is 0.000000559. The molecule has 0 N–H and O–H groups in total. The highest BCUT2D eigenvalue weighted by Gasteiger charge is 2.29. The van der Waals surface area contributed by atoms with E-state index in [2.05, 4.69) is 195 Å². The summed E-state index contributed by atoms with van der Waals surface area (Å²) in [5.74, 6) is 5.73. The number of hydrogen-bond donors (Lipinski definition) is 0. The van der Waals surface area contributed by atoms with E-state index >= 15 is 0 Å². The lowest BCUT2D eigenvalue weighted by Crippen LogP contribution is -2.02. The highest BCUT2D eigenvalue weighted by Crippen LogP contribution is 2.55. The van der Waals surface area contributed by atoms with E-state index < -0.39 is 0 Å². The van der Waals surface area contributed by atoms with Gasteiger partial charge >= 0.3 is 0 Å². The Morgan fingerprint density at radius 3 is 0.717 bits per heavy atom. The molecule has 0 aliphatic carbocycles. The van der Waals surface area contributed by atoms with Crippen molar-refractivity contribution in [3.05, 3.63) is 217 Å². The van der Waals surface area contributed by atoms with E-state index in [1.165, 1.54) is 11.1 Å². The minimum Gasteiger partial charge on any atom is -0.115 e. The van der Waals surface area contributed by atoms with Gasteiger partial charge in [0, 0.05) is 11.1 Å². The summed E-state index contributed by atoms with van der Waals surface area (Å²) in [6.45, 7) is 2.08. The Morgan fingerprint density at radius 1 is 0.283 bits per heavy atom. The smallest absolute Gasteiger partial charge is 0.0261 e. The Morgan fingerprint density at radius 2 is 0.509 bits per heavy atom. The fourth-order valence-electron chi connectivity index (χ4n) is 6.98. The van der Waals surface area contributed by atoms with Crippen LogP contribution in [0.3, 0.4) is 0 Å². The van der Waals surface area contributed by atoms with E-state index in [-0.39, 0.29) is 0 Å². The van der Waals surface area contributed by atoms with Gasteiger partial charge < -0.3 is 0 Å². The molecule has 250 valence electrons. The van der Waals surface area contributed by atoms with Gasteiger partial charge in [0.15, 0.2) is 0 Å². The van der Waals surface area contributed by atoms with Gasteiger partial charge in [-0.3, -0.25) is 0 Å². The standard InChI is InChI=1S/C46H30.C7H8/c1-3-33-30-34(4-2)32-40(31-33)46-44(38-26-16-8-17-27-38)42(36-22-12-6-13-23-36)41(35-20-10-5-11-21-35)43(37-24-14-7-15-25-37)45(46)39-28-18-9-19-29-39;1-7-5-3-2-4-6-7/h1-2,5-32H;2-6H,1H3. The van der Waals surface area contributed by atoms with E-state index in [4.69, 9.17) is 12.8 Å². The Hall–Kier alpha value is -7.12. The summed E-state index contributed by atoms with van der Waals surface area (Å²) in [7, 11) is 0. The predicted octanol–water partition coefficient (Wildman–Crippen LogP) is 13.6. The average Bonchev–Trinajstić information content (AvgIpc) is 3.24. The van der Waals surface area contributed by atoms with E-state index in [0.29, 0.717) is 0 Å². The summed E-state index contributed by atoms with van der Waals surface area (Å²) in [6.07, 6.45) is 12.1. The summed E-state index contributed by atoms with van der Waals surface area (Å²) in [5, 5.41) is 0. The quantitative estimate of drug-likeness (QED) is 0.154. The molecule has 0 saturated heterocycles. The summed E-state index contributed by atoms with van der Waals surface area (Å²) in [6, 6.07) is 69.9. The maximum atomic E-state index is 6.04. The van der Waals surface area contributed by atoms with Crippen LogP contribution in [0.2, 0.25) is 0 Å². The van der Waals surface area contributed by atoms with Gasteiger partial charge in [-0.15, -0.1) is 12.8 Å². The Bertz CT molecular complexity index is 2380. The van der Waals surface area contributed by atoms with E-state index in [9.17, 15) is 0 Å². The van der Waals surface area contributed by atoms with Crippen LogP contribution in [0.1, 0.15) is 16.7 Å². The monoisotopic (exact) mass is 674 g/mol. The van der Waals surface area contributed by atoms with Gasteiger partial charge in [0.05, 0.1) is 0 Å². The molecular formula is C53H38. The van der Waals surface area contributed by atoms with Gasteiger partial charge in [0.1, 0.15) is 0 Å². The topological polar surface area (TPSA) is 0 Å². The van der Waals surface area contributed by atoms with Crippen LogP contribution >= 0.6 is 0 Å². The van der Waals surface area contributed by atoms with Crippen molar-refractivity contribution in [2.24, 2.45) is 0 Å². The minimum absolute atomic E-state index is 0.748. The molecule has 53 heavy (non-hydrogen) atoms. The predicted molar refractivity (Wildman–Crippen MR) is 226 cm³/mol. The molecule has 8 aromatic carbocycles. The van der Waals surface area contributed by atoms with Gasteiger partial charge in [0.25, 0.3) is 0 Å². The van der Waals surface area contributed by atoms with Crippen molar-refractivity contribution in [1.82, 2.24) is 0 Å². The van der Waals surface area contributed by atoms with Crippen LogP contribution in [0, 0.1) is 31.6 Å². The molecule has 0 amide bonds. The minimum atomic E-state index is 0.748. The Labute approximate surface area is 314 Å². The number of hydrogen-bond acceptors (Lipinski definition) is 0. The molecule has 8 rings (SSSR count). The second-order valence-corrected chi connectivity index (χ2v) is 12.8. The van der Waals surface area contributed by atoms with E-state index in [0.717, 1.165) is 72.3 Å². The molecule has 0 fully saturated rings. The van der Waals surface area contributed by atoms with Crippen molar-refractivity contribution >= 4 is 0 Å². The van der Waals surface area contributed by atoms with Crippen molar-refractivity contribution in [2.45, 2.75) is 6.92 Å². The van der Waals surface area contributed by atoms with Crippen LogP contribution in [-0.4, -0.2) is 0 Å². The number of aryl methyl sites for hydroxylation is 1. The van der Waals surface area contributed by atoms with E-state index in [1.54, 1.807) is 0 Å². The summed E-state index contributed by atoms with van der Waals surface area (Å²) >= 11 is 0.